The summed E-state index contributed by atoms with van der Waals surface area (Å²) >= 11 is 0. The standard InChI is InChI=1S/C12H9O/c1-9-6-10-4-2-3-5-11(10)7-12(9)8-13/h2-7H,1H3. The van der Waals surface area contributed by atoms with Crippen LogP contribution in [0.1, 0.15) is 11.1 Å². The largest absolute Gasteiger partial charge is 0.285 e. The van der Waals surface area contributed by atoms with Gasteiger partial charge in [-0.3, -0.25) is 4.79 Å². The van der Waals surface area contributed by atoms with Gasteiger partial charge in [0.2, 0.25) is 6.29 Å². The topological polar surface area (TPSA) is 17.1 Å². The molecule has 2 rings (SSSR count). The molecule has 0 saturated carbocycles. The molecule has 0 aliphatic heterocycles. The Labute approximate surface area is 77.0 Å². The van der Waals surface area contributed by atoms with E-state index in [-0.39, 0.29) is 0 Å². The van der Waals surface area contributed by atoms with Gasteiger partial charge in [0.15, 0.2) is 0 Å². The van der Waals surface area contributed by atoms with Gasteiger partial charge in [0.25, 0.3) is 0 Å². The molecule has 2 aromatic carbocycles. The average Bonchev–Trinajstić information content (AvgIpc) is 2.17. The van der Waals surface area contributed by atoms with Gasteiger partial charge < -0.3 is 0 Å². The summed E-state index contributed by atoms with van der Waals surface area (Å²) < 4.78 is 0. The molecule has 1 nitrogen and oxygen atoms in total. The Morgan fingerprint density at radius 3 is 2.31 bits per heavy atom. The van der Waals surface area contributed by atoms with Crippen molar-refractivity contribution in [1.29, 1.82) is 0 Å². The van der Waals surface area contributed by atoms with E-state index in [4.69, 9.17) is 0 Å². The first kappa shape index (κ1) is 7.99. The molecular weight excluding hydrogens is 160 g/mol. The highest BCUT2D eigenvalue weighted by Crippen LogP contribution is 2.17. The van der Waals surface area contributed by atoms with Crippen molar-refractivity contribution in [1.82, 2.24) is 0 Å². The average molecular weight is 169 g/mol. The molecule has 63 valence electrons. The fourth-order valence-corrected chi connectivity index (χ4v) is 1.46. The summed E-state index contributed by atoms with van der Waals surface area (Å²) in [5, 5.41) is 2.26. The highest BCUT2D eigenvalue weighted by molar-refractivity contribution is 5.90. The highest BCUT2D eigenvalue weighted by Gasteiger charge is 1.99. The molecule has 2 aromatic rings. The van der Waals surface area contributed by atoms with Crippen molar-refractivity contribution in [2.75, 3.05) is 0 Å². The molecule has 0 fully saturated rings. The van der Waals surface area contributed by atoms with Crippen LogP contribution in [0, 0.1) is 6.92 Å². The molecule has 0 spiro atoms. The molecule has 0 saturated heterocycles. The van der Waals surface area contributed by atoms with Crippen LogP contribution in [-0.4, -0.2) is 6.29 Å². The Balaban J connectivity index is 2.81. The number of carbonyl (C=O) groups excluding carboxylic acids is 1. The van der Waals surface area contributed by atoms with Crippen molar-refractivity contribution in [2.45, 2.75) is 6.92 Å². The molecule has 0 aliphatic rings. The molecule has 0 amide bonds. The van der Waals surface area contributed by atoms with Crippen LogP contribution < -0.4 is 0 Å². The first-order chi connectivity index (χ1) is 6.31. The van der Waals surface area contributed by atoms with Gasteiger partial charge in [0, 0.05) is 5.56 Å². The minimum atomic E-state index is 0.652. The van der Waals surface area contributed by atoms with Crippen LogP contribution >= 0.6 is 0 Å². The van der Waals surface area contributed by atoms with E-state index in [1.165, 1.54) is 5.39 Å². The van der Waals surface area contributed by atoms with Crippen molar-refractivity contribution in [3.63, 3.8) is 0 Å². The van der Waals surface area contributed by atoms with Gasteiger partial charge in [-0.25, -0.2) is 0 Å². The van der Waals surface area contributed by atoms with Crippen LogP contribution in [0.4, 0.5) is 0 Å². The Kier molecular flexibility index (Phi) is 1.85. The van der Waals surface area contributed by atoms with Crippen molar-refractivity contribution >= 4 is 17.1 Å². The van der Waals surface area contributed by atoms with E-state index in [1.54, 1.807) is 0 Å². The Hall–Kier alpha value is -1.63. The SMILES string of the molecule is Cc1cc2ccccc2cc1[C]=O. The third-order valence-electron chi connectivity index (χ3n) is 2.20. The van der Waals surface area contributed by atoms with Gasteiger partial charge in [-0.05, 0) is 29.3 Å². The zero-order valence-electron chi connectivity index (χ0n) is 7.37. The molecule has 0 unspecified atom stereocenters. The van der Waals surface area contributed by atoms with E-state index in [9.17, 15) is 4.79 Å². The monoisotopic (exact) mass is 169 g/mol. The second-order valence-corrected chi connectivity index (χ2v) is 3.12. The Bertz CT molecular complexity index is 458. The van der Waals surface area contributed by atoms with Crippen LogP contribution in [0.25, 0.3) is 10.8 Å². The van der Waals surface area contributed by atoms with E-state index in [0.717, 1.165) is 10.9 Å². The van der Waals surface area contributed by atoms with Crippen molar-refractivity contribution in [2.24, 2.45) is 0 Å². The van der Waals surface area contributed by atoms with Gasteiger partial charge in [-0.15, -0.1) is 0 Å². The molecule has 0 atom stereocenters. The number of hydrogen-bond donors (Lipinski definition) is 0. The summed E-state index contributed by atoms with van der Waals surface area (Å²) in [6, 6.07) is 11.9. The molecule has 0 aliphatic carbocycles. The molecule has 13 heavy (non-hydrogen) atoms. The predicted octanol–water partition coefficient (Wildman–Crippen LogP) is 2.61. The molecule has 1 radical (unpaired) electrons. The van der Waals surface area contributed by atoms with Crippen LogP contribution in [0.5, 0.6) is 0 Å². The summed E-state index contributed by atoms with van der Waals surface area (Å²) in [6.45, 7) is 1.92. The lowest BCUT2D eigenvalue weighted by molar-refractivity contribution is 0.562. The van der Waals surface area contributed by atoms with E-state index < -0.39 is 0 Å². The lowest BCUT2D eigenvalue weighted by atomic mass is 10.0. The maximum atomic E-state index is 10.5. The first-order valence-corrected chi connectivity index (χ1v) is 4.19. The number of aryl methyl sites for hydroxylation is 1. The number of rotatable bonds is 1. The molecule has 0 heterocycles. The van der Waals surface area contributed by atoms with Crippen molar-refractivity contribution < 1.29 is 4.79 Å². The van der Waals surface area contributed by atoms with Crippen LogP contribution in [0.3, 0.4) is 0 Å². The smallest absolute Gasteiger partial charge is 0.233 e. The molecular formula is C12H9O. The molecule has 0 N–H and O–H groups in total. The fraction of sp³-hybridized carbons (Fsp3) is 0.0833. The van der Waals surface area contributed by atoms with Gasteiger partial charge in [0.1, 0.15) is 0 Å². The third kappa shape index (κ3) is 1.33. The second kappa shape index (κ2) is 3.02. The van der Waals surface area contributed by atoms with Gasteiger partial charge >= 0.3 is 0 Å². The Morgan fingerprint density at radius 2 is 1.69 bits per heavy atom. The lowest BCUT2D eigenvalue weighted by Gasteiger charge is -2.01. The second-order valence-electron chi connectivity index (χ2n) is 3.12. The number of benzene rings is 2. The maximum Gasteiger partial charge on any atom is 0.233 e. The predicted molar refractivity (Wildman–Crippen MR) is 53.5 cm³/mol. The van der Waals surface area contributed by atoms with E-state index >= 15 is 0 Å². The molecule has 0 aromatic heterocycles. The van der Waals surface area contributed by atoms with Gasteiger partial charge in [0.05, 0.1) is 0 Å². The van der Waals surface area contributed by atoms with Gasteiger partial charge in [-0.1, -0.05) is 30.3 Å². The normalized spacial score (nSPS) is 10.2. The third-order valence-corrected chi connectivity index (χ3v) is 2.20. The van der Waals surface area contributed by atoms with E-state index in [1.807, 2.05) is 49.6 Å². The first-order valence-electron chi connectivity index (χ1n) is 4.19. The lowest BCUT2D eigenvalue weighted by Crippen LogP contribution is -1.86. The number of fused-ring (bicyclic) bond motifs is 1. The fourth-order valence-electron chi connectivity index (χ4n) is 1.46. The zero-order chi connectivity index (χ0) is 9.26. The van der Waals surface area contributed by atoms with E-state index in [0.29, 0.717) is 5.56 Å². The minimum Gasteiger partial charge on any atom is -0.285 e. The summed E-state index contributed by atoms with van der Waals surface area (Å²) in [5.74, 6) is 0. The number of hydrogen-bond acceptors (Lipinski definition) is 1. The van der Waals surface area contributed by atoms with Crippen LogP contribution in [0.2, 0.25) is 0 Å². The van der Waals surface area contributed by atoms with Gasteiger partial charge in [-0.2, -0.15) is 0 Å². The Morgan fingerprint density at radius 1 is 1.08 bits per heavy atom. The summed E-state index contributed by atoms with van der Waals surface area (Å²) in [5.41, 5.74) is 1.63. The highest BCUT2D eigenvalue weighted by atomic mass is 16.1. The van der Waals surface area contributed by atoms with Crippen LogP contribution in [-0.2, 0) is 4.79 Å². The summed E-state index contributed by atoms with van der Waals surface area (Å²) in [6.07, 6.45) is 1.94. The van der Waals surface area contributed by atoms with Crippen molar-refractivity contribution in [3.8, 4) is 0 Å². The zero-order valence-corrected chi connectivity index (χ0v) is 7.37. The minimum absolute atomic E-state index is 0.652. The van der Waals surface area contributed by atoms with E-state index in [2.05, 4.69) is 0 Å². The van der Waals surface area contributed by atoms with Crippen molar-refractivity contribution in [3.05, 3.63) is 47.5 Å². The molecule has 1 heteroatoms. The van der Waals surface area contributed by atoms with Crippen LogP contribution in [0.15, 0.2) is 36.4 Å². The molecule has 0 bridgehead atoms. The summed E-state index contributed by atoms with van der Waals surface area (Å²) in [4.78, 5) is 10.5. The maximum absolute atomic E-state index is 10.5. The quantitative estimate of drug-likeness (QED) is 0.641. The summed E-state index contributed by atoms with van der Waals surface area (Å²) in [7, 11) is 0.